The summed E-state index contributed by atoms with van der Waals surface area (Å²) >= 11 is 0. The minimum absolute atomic E-state index is 0.0622. The summed E-state index contributed by atoms with van der Waals surface area (Å²) in [6.45, 7) is 34.6. The summed E-state index contributed by atoms with van der Waals surface area (Å²) in [6, 6.07) is 13.3. The fourth-order valence-electron chi connectivity index (χ4n) is 12.6. The number of alkyl carbamates (subject to hydrolysis) is 1. The molecule has 75 heavy (non-hydrogen) atoms. The maximum absolute atomic E-state index is 15.7. The predicted octanol–water partition coefficient (Wildman–Crippen LogP) is 10.3. The quantitative estimate of drug-likeness (QED) is 0.0739. The number of amides is 1. The number of benzene rings is 1. The van der Waals surface area contributed by atoms with E-state index in [-0.39, 0.29) is 18.6 Å². The van der Waals surface area contributed by atoms with Crippen LogP contribution in [0.5, 0.6) is 0 Å². The number of hydrogen-bond acceptors (Lipinski definition) is 15. The van der Waals surface area contributed by atoms with E-state index in [2.05, 4.69) is 38.0 Å². The minimum Gasteiger partial charge on any atom is -0.456 e. The molecule has 5 aliphatic rings. The summed E-state index contributed by atoms with van der Waals surface area (Å²) in [5.74, 6) is -4.40. The molecule has 2 saturated carbocycles. The number of fused-ring (bicyclic) bond motifs is 8. The zero-order chi connectivity index (χ0) is 55.7. The lowest BCUT2D eigenvalue weighted by Gasteiger charge is -2.69. The summed E-state index contributed by atoms with van der Waals surface area (Å²) in [7, 11) is -5.38. The number of esters is 3. The molecule has 1 aromatic carbocycles. The molecule has 0 radical (unpaired) electrons. The molecule has 3 aliphatic carbocycles. The van der Waals surface area contributed by atoms with Crippen molar-refractivity contribution in [1.29, 1.82) is 0 Å². The lowest BCUT2D eigenvalue weighted by Crippen LogP contribution is -2.82. The molecule has 18 heteroatoms. The highest BCUT2D eigenvalue weighted by Crippen LogP contribution is 2.68. The van der Waals surface area contributed by atoms with E-state index in [1.807, 2.05) is 68.5 Å². The van der Waals surface area contributed by atoms with E-state index >= 15 is 9.59 Å². The topological polar surface area (TPSA) is 196 Å². The van der Waals surface area contributed by atoms with E-state index in [1.165, 1.54) is 6.92 Å². The summed E-state index contributed by atoms with van der Waals surface area (Å²) in [5, 5.41) is 17.1. The molecule has 4 fully saturated rings. The molecule has 2 N–H and O–H groups in total. The number of hydrogen-bond donors (Lipinski definition) is 2. The number of pyridine rings is 1. The third-order valence-corrected chi connectivity index (χ3v) is 27.1. The molecule has 2 bridgehead atoms. The molecule has 416 valence electrons. The fourth-order valence-corrected chi connectivity index (χ4v) is 16.8. The smallest absolute Gasteiger partial charge is 0.408 e. The Morgan fingerprint density at radius 2 is 1.51 bits per heavy atom. The normalized spacial score (nSPS) is 31.9. The average Bonchev–Trinajstić information content (AvgIpc) is 3.64. The molecular weight excluding hydrogens is 993 g/mol. The van der Waals surface area contributed by atoms with Gasteiger partial charge in [-0.05, 0) is 119 Å². The molecule has 12 atom stereocenters. The summed E-state index contributed by atoms with van der Waals surface area (Å²) < 4.78 is 61.8. The number of nitrogens with zero attached hydrogens (tertiary/aromatic N) is 1. The summed E-state index contributed by atoms with van der Waals surface area (Å²) in [5.41, 5.74) is -5.07. The maximum atomic E-state index is 15.7. The van der Waals surface area contributed by atoms with Crippen LogP contribution in [0.25, 0.3) is 0 Å². The van der Waals surface area contributed by atoms with Gasteiger partial charge in [-0.15, -0.1) is 0 Å². The second-order valence-corrected chi connectivity index (χ2v) is 34.9. The first-order valence-electron chi connectivity index (χ1n) is 27.0. The SMILES string of the molecule is CC[Si](CC)(CC)O[C@H]1C[C@H]2OC[C@@]2(OC(C)=O)[C@H]2[C@H](OC(=O)c3ccccc3)[C@]3(O)C[C@H](OC(=O)C(O[Si](C)(C)C(C)(C)C)C(NC(=O)OC(C)(C)C)c4ccncc4)C(C)=C([C@H]4OC(C)(C)O[C@H]4[C@]12C)C3(C)C. The lowest BCUT2D eigenvalue weighted by atomic mass is 9.44. The van der Waals surface area contributed by atoms with Gasteiger partial charge >= 0.3 is 24.0 Å². The van der Waals surface area contributed by atoms with Crippen molar-refractivity contribution in [3.8, 4) is 0 Å². The van der Waals surface area contributed by atoms with Crippen LogP contribution in [-0.2, 0) is 51.6 Å². The highest BCUT2D eigenvalue weighted by Gasteiger charge is 2.80. The van der Waals surface area contributed by atoms with Crippen LogP contribution in [0.1, 0.15) is 146 Å². The monoisotopic (exact) mass is 1080 g/mol. The van der Waals surface area contributed by atoms with Crippen molar-refractivity contribution < 1.29 is 66.3 Å². The van der Waals surface area contributed by atoms with Crippen molar-refractivity contribution in [2.75, 3.05) is 6.61 Å². The van der Waals surface area contributed by atoms with Crippen molar-refractivity contribution in [3.05, 3.63) is 77.1 Å². The van der Waals surface area contributed by atoms with Crippen LogP contribution >= 0.6 is 0 Å². The van der Waals surface area contributed by atoms with Crippen molar-refractivity contribution >= 4 is 40.6 Å². The molecular formula is C57H86N2O14Si2. The van der Waals surface area contributed by atoms with E-state index in [1.54, 1.807) is 75.6 Å². The Labute approximate surface area is 447 Å². The van der Waals surface area contributed by atoms with Crippen LogP contribution in [0.3, 0.4) is 0 Å². The Balaban J connectivity index is 1.49. The van der Waals surface area contributed by atoms with Crippen LogP contribution in [-0.4, -0.2) is 123 Å². The van der Waals surface area contributed by atoms with Crippen LogP contribution in [0.2, 0.25) is 36.3 Å². The van der Waals surface area contributed by atoms with Gasteiger partial charge in [0.2, 0.25) is 0 Å². The number of carbonyl (C=O) groups is 4. The van der Waals surface area contributed by atoms with Gasteiger partial charge in [0.05, 0.1) is 36.3 Å². The molecule has 16 nitrogen and oxygen atoms in total. The molecule has 7 rings (SSSR count). The number of nitrogens with one attached hydrogen (secondary N) is 1. The number of carbonyl (C=O) groups excluding carboxylic acids is 4. The van der Waals surface area contributed by atoms with Crippen molar-refractivity contribution in [1.82, 2.24) is 10.3 Å². The van der Waals surface area contributed by atoms with Crippen LogP contribution in [0.4, 0.5) is 4.79 Å². The Morgan fingerprint density at radius 1 is 0.893 bits per heavy atom. The molecule has 1 amide bonds. The van der Waals surface area contributed by atoms with E-state index < -0.39 is 134 Å². The molecule has 2 aromatic rings. The first-order valence-corrected chi connectivity index (χ1v) is 32.4. The summed E-state index contributed by atoms with van der Waals surface area (Å²) in [6.07, 6.45) is -4.89. The van der Waals surface area contributed by atoms with E-state index in [9.17, 15) is 14.7 Å². The molecule has 2 saturated heterocycles. The minimum atomic E-state index is -2.89. The maximum Gasteiger partial charge on any atom is 0.408 e. The molecule has 2 unspecified atom stereocenters. The van der Waals surface area contributed by atoms with E-state index in [4.69, 9.17) is 42.0 Å². The fraction of sp³-hybridized carbons (Fsp3) is 0.702. The molecule has 1 aromatic heterocycles. The average molecular weight is 1080 g/mol. The van der Waals surface area contributed by atoms with Gasteiger partial charge in [-0.25, -0.2) is 14.4 Å². The van der Waals surface area contributed by atoms with Crippen molar-refractivity contribution in [3.63, 3.8) is 0 Å². The third-order valence-electron chi connectivity index (χ3n) is 18.0. The van der Waals surface area contributed by atoms with Gasteiger partial charge in [0, 0.05) is 43.0 Å². The largest absolute Gasteiger partial charge is 0.456 e. The van der Waals surface area contributed by atoms with Gasteiger partial charge in [0.1, 0.15) is 35.6 Å². The van der Waals surface area contributed by atoms with E-state index in [0.29, 0.717) is 23.1 Å². The Kier molecular flexibility index (Phi) is 16.2. The van der Waals surface area contributed by atoms with Crippen molar-refractivity contribution in [2.24, 2.45) is 16.7 Å². The van der Waals surface area contributed by atoms with E-state index in [0.717, 1.165) is 18.1 Å². The standard InChI is InChI=1S/C57H86N2O14Si2/c1-19-75(20-2,21-3)72-39-31-40-56(33-65-40,68-35(5)60)45-47(67-48(61)37-25-23-22-24-26-37)57(64)32-38(34(4)41(53(57,12)13)43-46(55(39,45)16)70-54(14,15)69-43)66-49(62)44(73-74(17,18)52(9,10)11)42(36-27-29-58-30-28-36)59-50(63)71-51(6,7)8/h22-30,38-40,42-47,64H,19-21,31-33H2,1-18H3,(H,59,63)/t38-,39-,40+,42?,43+,44?,45-,46+,47-,55+,56-,57+/m0/s1. The van der Waals surface area contributed by atoms with Gasteiger partial charge in [0.25, 0.3) is 0 Å². The zero-order valence-electron chi connectivity index (χ0n) is 47.8. The van der Waals surface area contributed by atoms with Gasteiger partial charge < -0.3 is 52.4 Å². The number of aliphatic hydroxyl groups is 1. The zero-order valence-corrected chi connectivity index (χ0v) is 49.8. The first-order chi connectivity index (χ1) is 34.7. The molecule has 3 heterocycles. The summed E-state index contributed by atoms with van der Waals surface area (Å²) in [4.78, 5) is 62.4. The highest BCUT2D eigenvalue weighted by atomic mass is 28.4. The Morgan fingerprint density at radius 3 is 2.04 bits per heavy atom. The van der Waals surface area contributed by atoms with Gasteiger partial charge in [-0.1, -0.05) is 80.5 Å². The number of rotatable bonds is 15. The van der Waals surface area contributed by atoms with Gasteiger partial charge in [-0.3, -0.25) is 9.78 Å². The first kappa shape index (κ1) is 58.7. The van der Waals surface area contributed by atoms with Crippen molar-refractivity contribution in [2.45, 2.75) is 231 Å². The van der Waals surface area contributed by atoms with Crippen LogP contribution < -0.4 is 5.32 Å². The van der Waals surface area contributed by atoms with Crippen LogP contribution in [0.15, 0.2) is 66.0 Å². The highest BCUT2D eigenvalue weighted by molar-refractivity contribution is 6.74. The predicted molar refractivity (Wildman–Crippen MR) is 286 cm³/mol. The Hall–Kier alpha value is -4.02. The van der Waals surface area contributed by atoms with Gasteiger partial charge in [0.15, 0.2) is 34.1 Å². The van der Waals surface area contributed by atoms with Crippen LogP contribution in [0, 0.1) is 16.7 Å². The molecule has 2 aliphatic heterocycles. The Bertz CT molecular complexity index is 2460. The van der Waals surface area contributed by atoms with Gasteiger partial charge in [-0.2, -0.15) is 0 Å². The number of aromatic nitrogens is 1. The second kappa shape index (κ2) is 20.7. The second-order valence-electron chi connectivity index (χ2n) is 25.4. The third kappa shape index (κ3) is 10.7. The lowest BCUT2D eigenvalue weighted by molar-refractivity contribution is -0.361. The number of ether oxygens (including phenoxy) is 7. The molecule has 0 spiro atoms.